The lowest BCUT2D eigenvalue weighted by molar-refractivity contribution is 0.609. The van der Waals surface area contributed by atoms with Crippen molar-refractivity contribution in [2.45, 2.75) is 4.90 Å². The highest BCUT2D eigenvalue weighted by Crippen LogP contribution is 2.25. The minimum atomic E-state index is -3.40. The van der Waals surface area contributed by atoms with E-state index in [0.717, 1.165) is 10.3 Å². The smallest absolute Gasteiger partial charge is 0.254 e. The molecule has 0 heterocycles. The third-order valence-corrected chi connectivity index (χ3v) is 3.32. The summed E-state index contributed by atoms with van der Waals surface area (Å²) in [6.45, 7) is 3.23. The maximum Gasteiger partial charge on any atom is 0.254 e. The lowest BCUT2D eigenvalue weighted by Crippen LogP contribution is -2.08. The molecule has 0 radical (unpaired) electrons. The SMILES string of the molecule is C=CS(=O)(=O)Nc1ccccc1SC. The fourth-order valence-electron chi connectivity index (χ4n) is 0.924. The van der Waals surface area contributed by atoms with Crippen LogP contribution in [0, 0.1) is 0 Å². The Hall–Kier alpha value is -0.940. The molecule has 1 N–H and O–H groups in total. The van der Waals surface area contributed by atoms with E-state index in [-0.39, 0.29) is 0 Å². The average molecular weight is 229 g/mol. The molecule has 5 heteroatoms. The standard InChI is InChI=1S/C9H11NO2S2/c1-3-14(11,12)10-8-6-4-5-7-9(8)13-2/h3-7,10H,1H2,2H3. The normalized spacial score (nSPS) is 10.9. The van der Waals surface area contributed by atoms with Crippen molar-refractivity contribution in [2.24, 2.45) is 0 Å². The third kappa shape index (κ3) is 2.78. The quantitative estimate of drug-likeness (QED) is 0.806. The van der Waals surface area contributed by atoms with Crippen LogP contribution < -0.4 is 4.72 Å². The van der Waals surface area contributed by atoms with Crippen LogP contribution >= 0.6 is 11.8 Å². The molecule has 0 aromatic heterocycles. The lowest BCUT2D eigenvalue weighted by Gasteiger charge is -2.07. The van der Waals surface area contributed by atoms with Crippen LogP contribution in [0.1, 0.15) is 0 Å². The molecule has 0 aliphatic rings. The molecule has 0 aliphatic carbocycles. The Kier molecular flexibility index (Phi) is 3.60. The summed E-state index contributed by atoms with van der Waals surface area (Å²) in [5.41, 5.74) is 0.583. The second-order valence-electron chi connectivity index (χ2n) is 2.51. The number of hydrogen-bond donors (Lipinski definition) is 1. The van der Waals surface area contributed by atoms with Crippen LogP contribution in [-0.2, 0) is 10.0 Å². The van der Waals surface area contributed by atoms with Crippen molar-refractivity contribution in [2.75, 3.05) is 11.0 Å². The maximum atomic E-state index is 11.2. The van der Waals surface area contributed by atoms with Gasteiger partial charge in [0, 0.05) is 10.3 Å². The van der Waals surface area contributed by atoms with Gasteiger partial charge in [0.1, 0.15) is 0 Å². The van der Waals surface area contributed by atoms with E-state index < -0.39 is 10.0 Å². The highest BCUT2D eigenvalue weighted by atomic mass is 32.2. The molecular formula is C9H11NO2S2. The third-order valence-electron chi connectivity index (χ3n) is 1.58. The summed E-state index contributed by atoms with van der Waals surface area (Å²) in [4.78, 5) is 0.887. The van der Waals surface area contributed by atoms with E-state index in [9.17, 15) is 8.42 Å². The van der Waals surface area contributed by atoms with E-state index in [2.05, 4.69) is 11.3 Å². The van der Waals surface area contributed by atoms with Crippen molar-refractivity contribution in [1.29, 1.82) is 0 Å². The molecular weight excluding hydrogens is 218 g/mol. The predicted molar refractivity (Wildman–Crippen MR) is 61.0 cm³/mol. The monoisotopic (exact) mass is 229 g/mol. The van der Waals surface area contributed by atoms with Gasteiger partial charge in [-0.15, -0.1) is 11.8 Å². The van der Waals surface area contributed by atoms with Gasteiger partial charge in [0.15, 0.2) is 0 Å². The molecule has 0 unspecified atom stereocenters. The molecule has 0 fully saturated rings. The minimum Gasteiger partial charge on any atom is -0.279 e. The predicted octanol–water partition coefficient (Wildman–Crippen LogP) is 2.29. The Morgan fingerprint density at radius 2 is 2.07 bits per heavy atom. The number of sulfonamides is 1. The molecule has 3 nitrogen and oxygen atoms in total. The second-order valence-corrected chi connectivity index (χ2v) is 4.99. The van der Waals surface area contributed by atoms with Crippen molar-refractivity contribution >= 4 is 27.5 Å². The van der Waals surface area contributed by atoms with Crippen LogP contribution in [0.4, 0.5) is 5.69 Å². The Bertz CT molecular complexity index is 426. The first-order valence-electron chi connectivity index (χ1n) is 3.87. The van der Waals surface area contributed by atoms with Gasteiger partial charge >= 0.3 is 0 Å². The number of anilines is 1. The molecule has 0 saturated heterocycles. The molecule has 1 aromatic rings. The molecule has 0 atom stereocenters. The van der Waals surface area contributed by atoms with E-state index >= 15 is 0 Å². The first kappa shape index (κ1) is 11.1. The number of nitrogens with one attached hydrogen (secondary N) is 1. The Morgan fingerprint density at radius 3 is 2.64 bits per heavy atom. The molecule has 76 valence electrons. The second kappa shape index (κ2) is 4.52. The molecule has 14 heavy (non-hydrogen) atoms. The summed E-state index contributed by atoms with van der Waals surface area (Å²) in [5.74, 6) is 0. The van der Waals surface area contributed by atoms with Gasteiger partial charge in [-0.1, -0.05) is 18.7 Å². The van der Waals surface area contributed by atoms with Crippen LogP contribution in [0.3, 0.4) is 0 Å². The summed E-state index contributed by atoms with van der Waals surface area (Å²) in [7, 11) is -3.40. The van der Waals surface area contributed by atoms with Gasteiger partial charge in [-0.2, -0.15) is 0 Å². The van der Waals surface area contributed by atoms with Crippen molar-refractivity contribution in [3.63, 3.8) is 0 Å². The van der Waals surface area contributed by atoms with Crippen LogP contribution in [0.5, 0.6) is 0 Å². The highest BCUT2D eigenvalue weighted by molar-refractivity contribution is 7.99. The molecule has 0 saturated carbocycles. The van der Waals surface area contributed by atoms with Gasteiger partial charge in [0.05, 0.1) is 5.69 Å². The summed E-state index contributed by atoms with van der Waals surface area (Å²) in [5, 5.41) is 0.893. The highest BCUT2D eigenvalue weighted by Gasteiger charge is 2.07. The number of para-hydroxylation sites is 1. The first-order valence-corrected chi connectivity index (χ1v) is 6.64. The van der Waals surface area contributed by atoms with Crippen molar-refractivity contribution in [3.8, 4) is 0 Å². The summed E-state index contributed by atoms with van der Waals surface area (Å²) >= 11 is 1.49. The van der Waals surface area contributed by atoms with E-state index in [1.54, 1.807) is 12.1 Å². The number of hydrogen-bond acceptors (Lipinski definition) is 3. The summed E-state index contributed by atoms with van der Waals surface area (Å²) < 4.78 is 24.8. The Morgan fingerprint density at radius 1 is 1.43 bits per heavy atom. The molecule has 1 aromatic carbocycles. The fraction of sp³-hybridized carbons (Fsp3) is 0.111. The van der Waals surface area contributed by atoms with Crippen molar-refractivity contribution in [1.82, 2.24) is 0 Å². The molecule has 0 aliphatic heterocycles. The van der Waals surface area contributed by atoms with Crippen LogP contribution in [0.2, 0.25) is 0 Å². The zero-order chi connectivity index (χ0) is 10.6. The number of thioether (sulfide) groups is 1. The fourth-order valence-corrected chi connectivity index (χ4v) is 2.11. The largest absolute Gasteiger partial charge is 0.279 e. The van der Waals surface area contributed by atoms with Crippen LogP contribution in [-0.4, -0.2) is 14.7 Å². The Labute approximate surface area is 88.3 Å². The van der Waals surface area contributed by atoms with Gasteiger partial charge in [-0.3, -0.25) is 4.72 Å². The van der Waals surface area contributed by atoms with Crippen molar-refractivity contribution in [3.05, 3.63) is 36.3 Å². The maximum absolute atomic E-state index is 11.2. The zero-order valence-electron chi connectivity index (χ0n) is 7.73. The van der Waals surface area contributed by atoms with E-state index in [0.29, 0.717) is 5.69 Å². The van der Waals surface area contributed by atoms with E-state index in [4.69, 9.17) is 0 Å². The molecule has 0 bridgehead atoms. The van der Waals surface area contributed by atoms with Gasteiger partial charge in [-0.25, -0.2) is 8.42 Å². The first-order chi connectivity index (χ1) is 6.59. The van der Waals surface area contributed by atoms with Crippen LogP contribution in [0.25, 0.3) is 0 Å². The summed E-state index contributed by atoms with van der Waals surface area (Å²) in [6, 6.07) is 7.21. The molecule has 0 spiro atoms. The van der Waals surface area contributed by atoms with Crippen LogP contribution in [0.15, 0.2) is 41.1 Å². The zero-order valence-corrected chi connectivity index (χ0v) is 9.36. The average Bonchev–Trinajstić information content (AvgIpc) is 2.18. The van der Waals surface area contributed by atoms with E-state index in [1.807, 2.05) is 18.4 Å². The molecule has 0 amide bonds. The van der Waals surface area contributed by atoms with Crippen molar-refractivity contribution < 1.29 is 8.42 Å². The van der Waals surface area contributed by atoms with Gasteiger partial charge in [0.25, 0.3) is 10.0 Å². The van der Waals surface area contributed by atoms with E-state index in [1.165, 1.54) is 11.8 Å². The minimum absolute atomic E-state index is 0.583. The molecule has 1 rings (SSSR count). The van der Waals surface area contributed by atoms with Gasteiger partial charge in [0.2, 0.25) is 0 Å². The Balaban J connectivity index is 3.03. The van der Waals surface area contributed by atoms with Gasteiger partial charge < -0.3 is 0 Å². The number of rotatable bonds is 4. The summed E-state index contributed by atoms with van der Waals surface area (Å²) in [6.07, 6.45) is 1.89. The number of benzene rings is 1. The topological polar surface area (TPSA) is 46.2 Å². The van der Waals surface area contributed by atoms with Gasteiger partial charge in [-0.05, 0) is 18.4 Å². The lowest BCUT2D eigenvalue weighted by atomic mass is 10.3.